The Morgan fingerprint density at radius 1 is 1.73 bits per heavy atom. The van der Waals surface area contributed by atoms with Crippen molar-refractivity contribution in [2.24, 2.45) is 16.6 Å². The van der Waals surface area contributed by atoms with Crippen LogP contribution in [0.25, 0.3) is 0 Å². The first kappa shape index (κ1) is 8.27. The molecule has 1 heterocycles. The lowest BCUT2D eigenvalue weighted by molar-refractivity contribution is -0.0265. The van der Waals surface area contributed by atoms with Crippen LogP contribution in [0.3, 0.4) is 0 Å². The fourth-order valence-electron chi connectivity index (χ4n) is 0.779. The molecule has 1 aliphatic rings. The number of rotatable bonds is 3. The molecule has 0 atom stereocenters. The van der Waals surface area contributed by atoms with E-state index >= 15 is 0 Å². The number of nitrogens with zero attached hydrogens (tertiary/aromatic N) is 1. The molecule has 1 aliphatic heterocycles. The Morgan fingerprint density at radius 2 is 2.45 bits per heavy atom. The second-order valence-electron chi connectivity index (χ2n) is 2.81. The third-order valence-electron chi connectivity index (χ3n) is 1.63. The zero-order valence-electron chi connectivity index (χ0n) is 6.79. The van der Waals surface area contributed by atoms with Crippen molar-refractivity contribution in [3.05, 3.63) is 11.8 Å². The first-order valence-electron chi connectivity index (χ1n) is 3.79. The fourth-order valence-corrected chi connectivity index (χ4v) is 0.779. The van der Waals surface area contributed by atoms with Crippen LogP contribution in [0.5, 0.6) is 0 Å². The molecule has 1 saturated heterocycles. The van der Waals surface area contributed by atoms with E-state index in [1.165, 1.54) is 0 Å². The van der Waals surface area contributed by atoms with Crippen molar-refractivity contribution in [2.45, 2.75) is 6.92 Å². The van der Waals surface area contributed by atoms with Crippen LogP contribution in [-0.2, 0) is 4.74 Å². The van der Waals surface area contributed by atoms with E-state index in [0.717, 1.165) is 25.3 Å². The van der Waals surface area contributed by atoms with Gasteiger partial charge in [0.05, 0.1) is 13.2 Å². The summed E-state index contributed by atoms with van der Waals surface area (Å²) < 4.78 is 5.01. The van der Waals surface area contributed by atoms with Crippen molar-refractivity contribution in [3.8, 4) is 0 Å². The first-order valence-corrected chi connectivity index (χ1v) is 3.79. The van der Waals surface area contributed by atoms with E-state index in [1.54, 1.807) is 12.4 Å². The predicted molar refractivity (Wildman–Crippen MR) is 45.6 cm³/mol. The van der Waals surface area contributed by atoms with Gasteiger partial charge in [-0.05, 0) is 18.7 Å². The molecule has 0 unspecified atom stereocenters. The number of nitrogens with two attached hydrogens (primary N) is 1. The van der Waals surface area contributed by atoms with E-state index in [-0.39, 0.29) is 0 Å². The summed E-state index contributed by atoms with van der Waals surface area (Å²) in [4.78, 5) is 4.21. The number of allylic oxidation sites excluding steroid dienone is 1. The Hall–Kier alpha value is -0.830. The third-order valence-corrected chi connectivity index (χ3v) is 1.63. The maximum atomic E-state index is 5.26. The van der Waals surface area contributed by atoms with Crippen LogP contribution in [0.4, 0.5) is 0 Å². The topological polar surface area (TPSA) is 47.6 Å². The van der Waals surface area contributed by atoms with Gasteiger partial charge in [0.2, 0.25) is 0 Å². The van der Waals surface area contributed by atoms with Crippen LogP contribution < -0.4 is 5.73 Å². The molecule has 1 rings (SSSR count). The van der Waals surface area contributed by atoms with Gasteiger partial charge in [0.1, 0.15) is 0 Å². The first-order chi connectivity index (χ1) is 5.33. The molecule has 0 spiro atoms. The molecule has 0 saturated carbocycles. The van der Waals surface area contributed by atoms with Gasteiger partial charge < -0.3 is 10.5 Å². The number of hydrogen-bond acceptors (Lipinski definition) is 3. The standard InChI is InChI=1S/C8H14N2O/c1-7(2-9)3-10-4-8-5-11-6-8/h2-3,8H,4-6,9H2,1H3/b7-2-,10-3?. The molecule has 0 aromatic rings. The van der Waals surface area contributed by atoms with Gasteiger partial charge in [-0.25, -0.2) is 0 Å². The van der Waals surface area contributed by atoms with Gasteiger partial charge in [-0.1, -0.05) is 0 Å². The summed E-state index contributed by atoms with van der Waals surface area (Å²) in [6.45, 7) is 4.53. The van der Waals surface area contributed by atoms with Gasteiger partial charge in [0.15, 0.2) is 0 Å². The molecule has 11 heavy (non-hydrogen) atoms. The lowest BCUT2D eigenvalue weighted by Crippen LogP contribution is -2.29. The summed E-state index contributed by atoms with van der Waals surface area (Å²) in [7, 11) is 0. The smallest absolute Gasteiger partial charge is 0.0534 e. The van der Waals surface area contributed by atoms with Crippen molar-refractivity contribution in [2.75, 3.05) is 19.8 Å². The van der Waals surface area contributed by atoms with Crippen LogP contribution in [0, 0.1) is 5.92 Å². The molecule has 1 fully saturated rings. The van der Waals surface area contributed by atoms with Gasteiger partial charge in [-0.3, -0.25) is 4.99 Å². The normalized spacial score (nSPS) is 20.6. The minimum absolute atomic E-state index is 0.636. The van der Waals surface area contributed by atoms with E-state index in [1.807, 2.05) is 6.92 Å². The monoisotopic (exact) mass is 154 g/mol. The van der Waals surface area contributed by atoms with Crippen LogP contribution >= 0.6 is 0 Å². The minimum Gasteiger partial charge on any atom is -0.404 e. The van der Waals surface area contributed by atoms with E-state index in [9.17, 15) is 0 Å². The molecule has 62 valence electrons. The van der Waals surface area contributed by atoms with Gasteiger partial charge in [0, 0.05) is 18.7 Å². The van der Waals surface area contributed by atoms with E-state index < -0.39 is 0 Å². The van der Waals surface area contributed by atoms with Gasteiger partial charge >= 0.3 is 0 Å². The molecule has 3 heteroatoms. The van der Waals surface area contributed by atoms with Gasteiger partial charge in [0.25, 0.3) is 0 Å². The molecule has 3 nitrogen and oxygen atoms in total. The Labute approximate surface area is 66.9 Å². The fraction of sp³-hybridized carbons (Fsp3) is 0.625. The lowest BCUT2D eigenvalue weighted by atomic mass is 10.1. The highest BCUT2D eigenvalue weighted by Gasteiger charge is 2.16. The Morgan fingerprint density at radius 3 is 2.91 bits per heavy atom. The summed E-state index contributed by atoms with van der Waals surface area (Å²) in [6.07, 6.45) is 3.36. The minimum atomic E-state index is 0.636. The zero-order valence-corrected chi connectivity index (χ0v) is 6.79. The average Bonchev–Trinajstić information content (AvgIpc) is 1.94. The highest BCUT2D eigenvalue weighted by atomic mass is 16.5. The van der Waals surface area contributed by atoms with Crippen molar-refractivity contribution < 1.29 is 4.74 Å². The summed E-state index contributed by atoms with van der Waals surface area (Å²) in [5, 5.41) is 0. The maximum absolute atomic E-state index is 5.26. The molecular formula is C8H14N2O. The molecule has 0 radical (unpaired) electrons. The van der Waals surface area contributed by atoms with Gasteiger partial charge in [-0.15, -0.1) is 0 Å². The van der Waals surface area contributed by atoms with Crippen molar-refractivity contribution >= 4 is 6.21 Å². The summed E-state index contributed by atoms with van der Waals surface area (Å²) >= 11 is 0. The van der Waals surface area contributed by atoms with Gasteiger partial charge in [-0.2, -0.15) is 0 Å². The highest BCUT2D eigenvalue weighted by molar-refractivity contribution is 5.77. The molecule has 0 amide bonds. The molecule has 0 aliphatic carbocycles. The number of ether oxygens (including phenoxy) is 1. The number of aliphatic imine (C=N–C) groups is 1. The molecule has 2 N–H and O–H groups in total. The maximum Gasteiger partial charge on any atom is 0.0534 e. The van der Waals surface area contributed by atoms with Crippen molar-refractivity contribution in [1.82, 2.24) is 0 Å². The quantitative estimate of drug-likeness (QED) is 0.604. The predicted octanol–water partition coefficient (Wildman–Crippen LogP) is 0.566. The molecular weight excluding hydrogens is 140 g/mol. The second-order valence-corrected chi connectivity index (χ2v) is 2.81. The van der Waals surface area contributed by atoms with E-state index in [4.69, 9.17) is 10.5 Å². The van der Waals surface area contributed by atoms with Crippen LogP contribution in [0.2, 0.25) is 0 Å². The van der Waals surface area contributed by atoms with Crippen LogP contribution in [0.1, 0.15) is 6.92 Å². The Kier molecular flexibility index (Phi) is 3.11. The molecule has 0 bridgehead atoms. The molecule has 0 aromatic carbocycles. The summed E-state index contributed by atoms with van der Waals surface area (Å²) in [5.41, 5.74) is 6.26. The molecule has 0 aromatic heterocycles. The zero-order chi connectivity index (χ0) is 8.10. The second kappa shape index (κ2) is 4.13. The summed E-state index contributed by atoms with van der Waals surface area (Å²) in [5.74, 6) is 0.636. The summed E-state index contributed by atoms with van der Waals surface area (Å²) in [6, 6.07) is 0. The van der Waals surface area contributed by atoms with Crippen molar-refractivity contribution in [1.29, 1.82) is 0 Å². The largest absolute Gasteiger partial charge is 0.404 e. The van der Waals surface area contributed by atoms with Crippen LogP contribution in [-0.4, -0.2) is 26.0 Å². The third kappa shape index (κ3) is 2.72. The van der Waals surface area contributed by atoms with Crippen LogP contribution in [0.15, 0.2) is 16.8 Å². The Bertz CT molecular complexity index is 171. The highest BCUT2D eigenvalue weighted by Crippen LogP contribution is 2.09. The lowest BCUT2D eigenvalue weighted by Gasteiger charge is -2.23. The average molecular weight is 154 g/mol. The van der Waals surface area contributed by atoms with E-state index in [2.05, 4.69) is 4.99 Å². The Balaban J connectivity index is 2.14. The number of hydrogen-bond donors (Lipinski definition) is 1. The van der Waals surface area contributed by atoms with Crippen molar-refractivity contribution in [3.63, 3.8) is 0 Å². The van der Waals surface area contributed by atoms with E-state index in [0.29, 0.717) is 5.92 Å². The SMILES string of the molecule is C/C(C=NCC1COC1)=C/N.